The molecule has 0 aromatic heterocycles. The number of esters is 2. The normalized spacial score (nSPS) is 45.7. The minimum absolute atomic E-state index is 0.193. The van der Waals surface area contributed by atoms with Crippen molar-refractivity contribution in [2.24, 2.45) is 29.1 Å². The second kappa shape index (κ2) is 8.39. The number of carbonyl (C=O) groups is 2. The van der Waals surface area contributed by atoms with Gasteiger partial charge in [0, 0.05) is 29.9 Å². The number of allylic oxidation sites excluding steroid dienone is 1. The number of hydrogen-bond donors (Lipinski definition) is 3. The highest BCUT2D eigenvalue weighted by atomic mass is 16.6. The maximum atomic E-state index is 12.2. The highest BCUT2D eigenvalue weighted by molar-refractivity contribution is 5.88. The summed E-state index contributed by atoms with van der Waals surface area (Å²) in [5, 5.41) is 35.6. The molecule has 0 bridgehead atoms. The number of hydrogen-bond acceptors (Lipinski definition) is 7. The van der Waals surface area contributed by atoms with Crippen molar-refractivity contribution in [3.63, 3.8) is 0 Å². The van der Waals surface area contributed by atoms with Gasteiger partial charge in [-0.1, -0.05) is 32.6 Å². The third-order valence-electron chi connectivity index (χ3n) is 10.5. The molecule has 3 aliphatic carbocycles. The third-order valence-corrected chi connectivity index (χ3v) is 10.5. The number of carbonyl (C=O) groups excluding carboxylic acids is 2. The van der Waals surface area contributed by atoms with Crippen molar-refractivity contribution in [1.29, 1.82) is 0 Å². The Morgan fingerprint density at radius 1 is 1.14 bits per heavy atom. The molecular weight excluding hydrogens is 472 g/mol. The average Bonchev–Trinajstić information content (AvgIpc) is 2.89. The van der Waals surface area contributed by atoms with E-state index in [1.54, 1.807) is 26.8 Å². The number of ether oxygens (including phenoxy) is 2. The molecule has 9 atom stereocenters. The molecule has 7 heteroatoms. The van der Waals surface area contributed by atoms with E-state index < -0.39 is 46.3 Å². The van der Waals surface area contributed by atoms with Crippen LogP contribution in [0.3, 0.4) is 0 Å². The van der Waals surface area contributed by atoms with E-state index in [1.807, 2.05) is 19.1 Å². The van der Waals surface area contributed by atoms with E-state index in [-0.39, 0.29) is 23.7 Å². The Kier molecular flexibility index (Phi) is 5.98. The predicted octanol–water partition coefficient (Wildman–Crippen LogP) is 3.54. The third kappa shape index (κ3) is 3.88. The number of aliphatic hydroxyl groups excluding tert-OH is 1. The standard InChI is InChI=1S/C30H40O7/c1-16-7-9-22(36-26(16)33)18(3)30(35)12-11-28(6)20(17(30)2)15-29(34)14-19-8-10-24(32)37-27(4,5)25(19)21(31)13-23(28)29/h7-8,10,14,18,20-23,25,31,34-35H,2,9,11-13,15H2,1,3-6H3/t18-,20-,21+,22+,23-,25-,28+,29-,30-/m0/s1. The average molecular weight is 513 g/mol. The van der Waals surface area contributed by atoms with Crippen molar-refractivity contribution >= 4 is 11.9 Å². The van der Waals surface area contributed by atoms with E-state index >= 15 is 0 Å². The van der Waals surface area contributed by atoms with Crippen LogP contribution >= 0.6 is 0 Å². The van der Waals surface area contributed by atoms with Crippen LogP contribution in [0, 0.1) is 29.1 Å². The van der Waals surface area contributed by atoms with Crippen LogP contribution < -0.4 is 0 Å². The van der Waals surface area contributed by atoms with Crippen LogP contribution in [0.15, 0.2) is 47.6 Å². The molecule has 0 unspecified atom stereocenters. The van der Waals surface area contributed by atoms with E-state index in [9.17, 15) is 24.9 Å². The maximum absolute atomic E-state index is 12.2. The smallest absolute Gasteiger partial charge is 0.333 e. The zero-order valence-electron chi connectivity index (χ0n) is 22.5. The molecule has 37 heavy (non-hydrogen) atoms. The molecule has 2 fully saturated rings. The zero-order valence-corrected chi connectivity index (χ0v) is 22.5. The summed E-state index contributed by atoms with van der Waals surface area (Å²) in [4.78, 5) is 24.4. The van der Waals surface area contributed by atoms with E-state index in [0.29, 0.717) is 48.8 Å². The van der Waals surface area contributed by atoms with Crippen molar-refractivity contribution in [2.45, 2.75) is 95.7 Å². The monoisotopic (exact) mass is 512 g/mol. The summed E-state index contributed by atoms with van der Waals surface area (Å²) in [5.41, 5.74) is -1.88. The van der Waals surface area contributed by atoms with Gasteiger partial charge in [0.15, 0.2) is 0 Å². The zero-order chi connectivity index (χ0) is 27.1. The largest absolute Gasteiger partial charge is 0.458 e. The van der Waals surface area contributed by atoms with Gasteiger partial charge in [-0.3, -0.25) is 0 Å². The summed E-state index contributed by atoms with van der Waals surface area (Å²) >= 11 is 0. The highest BCUT2D eigenvalue weighted by Crippen LogP contribution is 2.66. The predicted molar refractivity (Wildman–Crippen MR) is 137 cm³/mol. The van der Waals surface area contributed by atoms with Crippen LogP contribution in [0.25, 0.3) is 0 Å². The van der Waals surface area contributed by atoms with E-state index in [0.717, 1.165) is 0 Å². The number of aliphatic hydroxyl groups is 3. The number of fused-ring (bicyclic) bond motifs is 4. The van der Waals surface area contributed by atoms with E-state index in [2.05, 4.69) is 13.5 Å². The van der Waals surface area contributed by atoms with Gasteiger partial charge in [0.25, 0.3) is 0 Å². The molecule has 0 amide bonds. The lowest BCUT2D eigenvalue weighted by atomic mass is 9.55. The Balaban J connectivity index is 1.49. The molecule has 5 aliphatic rings. The van der Waals surface area contributed by atoms with Crippen molar-refractivity contribution in [3.8, 4) is 0 Å². The van der Waals surface area contributed by atoms with Crippen LogP contribution in [0.1, 0.15) is 66.7 Å². The van der Waals surface area contributed by atoms with Gasteiger partial charge in [-0.2, -0.15) is 0 Å². The van der Waals surface area contributed by atoms with E-state index in [4.69, 9.17) is 9.47 Å². The topological polar surface area (TPSA) is 113 Å². The van der Waals surface area contributed by atoms with Crippen molar-refractivity contribution in [2.75, 3.05) is 0 Å². The Morgan fingerprint density at radius 3 is 2.51 bits per heavy atom. The summed E-state index contributed by atoms with van der Waals surface area (Å²) in [6.45, 7) is 13.8. The van der Waals surface area contributed by atoms with Crippen LogP contribution in [0.5, 0.6) is 0 Å². The molecule has 7 nitrogen and oxygen atoms in total. The van der Waals surface area contributed by atoms with Gasteiger partial charge in [-0.15, -0.1) is 0 Å². The fourth-order valence-electron chi connectivity index (χ4n) is 8.25. The molecule has 0 aromatic carbocycles. The van der Waals surface area contributed by atoms with Gasteiger partial charge >= 0.3 is 11.9 Å². The van der Waals surface area contributed by atoms with Crippen LogP contribution in [-0.2, 0) is 19.1 Å². The Morgan fingerprint density at radius 2 is 1.84 bits per heavy atom. The molecule has 0 aromatic rings. The molecule has 2 heterocycles. The molecule has 0 spiro atoms. The lowest BCUT2D eigenvalue weighted by molar-refractivity contribution is -0.157. The van der Waals surface area contributed by atoms with Crippen LogP contribution in [0.4, 0.5) is 0 Å². The molecule has 0 saturated heterocycles. The molecule has 0 radical (unpaired) electrons. The summed E-state index contributed by atoms with van der Waals surface area (Å²) in [7, 11) is 0. The van der Waals surface area contributed by atoms with E-state index in [1.165, 1.54) is 6.08 Å². The minimum atomic E-state index is -1.24. The Hall–Kier alpha value is -2.22. The summed E-state index contributed by atoms with van der Waals surface area (Å²) < 4.78 is 11.3. The Labute approximate surface area is 218 Å². The summed E-state index contributed by atoms with van der Waals surface area (Å²) in [6.07, 6.45) is 7.75. The van der Waals surface area contributed by atoms with Gasteiger partial charge in [0.2, 0.25) is 0 Å². The first-order valence-electron chi connectivity index (χ1n) is 13.5. The van der Waals surface area contributed by atoms with Gasteiger partial charge in [0.05, 0.1) is 17.3 Å². The maximum Gasteiger partial charge on any atom is 0.333 e. The fraction of sp³-hybridized carbons (Fsp3) is 0.667. The van der Waals surface area contributed by atoms with Crippen molar-refractivity contribution < 1.29 is 34.4 Å². The van der Waals surface area contributed by atoms with Gasteiger partial charge < -0.3 is 24.8 Å². The molecule has 2 saturated carbocycles. The summed E-state index contributed by atoms with van der Waals surface area (Å²) in [6, 6.07) is 0. The molecule has 3 N–H and O–H groups in total. The van der Waals surface area contributed by atoms with Gasteiger partial charge in [0.1, 0.15) is 11.7 Å². The second-order valence-electron chi connectivity index (χ2n) is 12.9. The molecule has 202 valence electrons. The Bertz CT molecular complexity index is 1130. The highest BCUT2D eigenvalue weighted by Gasteiger charge is 2.66. The van der Waals surface area contributed by atoms with Gasteiger partial charge in [-0.25, -0.2) is 9.59 Å². The summed E-state index contributed by atoms with van der Waals surface area (Å²) in [5.74, 6) is -2.11. The molecule has 5 rings (SSSR count). The second-order valence-corrected chi connectivity index (χ2v) is 12.9. The number of rotatable bonds is 2. The lowest BCUT2D eigenvalue weighted by Gasteiger charge is -2.52. The first-order valence-corrected chi connectivity index (χ1v) is 13.5. The SMILES string of the molecule is C=C1[C@@H]2C[C@@]3(O)C=C4C=CC(=O)OC(C)(C)[C@@H]4[C@H](O)C[C@H]3[C@]2(C)CC[C@@]1(O)[C@@H](C)[C@H]1CC=C(C)C(=O)O1. The quantitative estimate of drug-likeness (QED) is 0.383. The van der Waals surface area contributed by atoms with Crippen LogP contribution in [-0.4, -0.2) is 56.3 Å². The minimum Gasteiger partial charge on any atom is -0.458 e. The molecule has 2 aliphatic heterocycles. The first kappa shape index (κ1) is 26.4. The van der Waals surface area contributed by atoms with Crippen molar-refractivity contribution in [1.82, 2.24) is 0 Å². The van der Waals surface area contributed by atoms with Crippen molar-refractivity contribution in [3.05, 3.63) is 47.6 Å². The molecular formula is C30H40O7. The first-order chi connectivity index (χ1) is 17.1. The van der Waals surface area contributed by atoms with Crippen LogP contribution in [0.2, 0.25) is 0 Å². The fourth-order valence-corrected chi connectivity index (χ4v) is 8.25. The lowest BCUT2D eigenvalue weighted by Crippen LogP contribution is -2.53. The number of cyclic esters (lactones) is 2. The van der Waals surface area contributed by atoms with Gasteiger partial charge in [-0.05, 0) is 80.9 Å².